The van der Waals surface area contributed by atoms with Crippen molar-refractivity contribution in [1.29, 1.82) is 0 Å². The number of hydrogen-bond donors (Lipinski definition) is 0. The number of amides is 1. The van der Waals surface area contributed by atoms with Gasteiger partial charge in [-0.15, -0.1) is 0 Å². The molecule has 1 aliphatic carbocycles. The third-order valence-electron chi connectivity index (χ3n) is 6.95. The van der Waals surface area contributed by atoms with Crippen molar-refractivity contribution in [2.45, 2.75) is 129 Å². The zero-order chi connectivity index (χ0) is 18.6. The van der Waals surface area contributed by atoms with E-state index < -0.39 is 0 Å². The normalized spacial score (nSPS) is 22.9. The predicted octanol–water partition coefficient (Wildman–Crippen LogP) is 7.11. The molecule has 0 spiro atoms. The van der Waals surface area contributed by atoms with Crippen molar-refractivity contribution in [1.82, 2.24) is 4.90 Å². The lowest BCUT2D eigenvalue weighted by Gasteiger charge is -2.30. The third-order valence-corrected chi connectivity index (χ3v) is 6.95. The molecule has 0 aromatic carbocycles. The first kappa shape index (κ1) is 21.8. The second kappa shape index (κ2) is 12.8. The van der Waals surface area contributed by atoms with Crippen LogP contribution in [-0.4, -0.2) is 23.4 Å². The fraction of sp³-hybridized carbons (Fsp3) is 0.958. The number of carbonyl (C=O) groups is 1. The van der Waals surface area contributed by atoms with Crippen LogP contribution in [0, 0.1) is 11.8 Å². The maximum Gasteiger partial charge on any atom is 0.226 e. The molecular weight excluding hydrogens is 318 g/mol. The minimum Gasteiger partial charge on any atom is -0.339 e. The first-order chi connectivity index (χ1) is 12.8. The topological polar surface area (TPSA) is 20.3 Å². The molecule has 0 aromatic heterocycles. The fourth-order valence-electron chi connectivity index (χ4n) is 5.36. The average molecular weight is 364 g/mol. The maximum absolute atomic E-state index is 13.1. The predicted molar refractivity (Wildman–Crippen MR) is 112 cm³/mol. The van der Waals surface area contributed by atoms with Crippen molar-refractivity contribution in [3.8, 4) is 0 Å². The van der Waals surface area contributed by atoms with Crippen LogP contribution in [0.2, 0.25) is 0 Å². The van der Waals surface area contributed by atoms with Gasteiger partial charge in [0.15, 0.2) is 0 Å². The lowest BCUT2D eigenvalue weighted by molar-refractivity contribution is -0.134. The van der Waals surface area contributed by atoms with Gasteiger partial charge in [0.25, 0.3) is 0 Å². The summed E-state index contributed by atoms with van der Waals surface area (Å²) in [6.07, 6.45) is 22.5. The highest BCUT2D eigenvalue weighted by Gasteiger charge is 2.39. The summed E-state index contributed by atoms with van der Waals surface area (Å²) in [5.41, 5.74) is 0. The molecule has 1 aliphatic heterocycles. The van der Waals surface area contributed by atoms with Gasteiger partial charge in [0.1, 0.15) is 0 Å². The van der Waals surface area contributed by atoms with Gasteiger partial charge in [0, 0.05) is 18.5 Å². The fourth-order valence-corrected chi connectivity index (χ4v) is 5.36. The van der Waals surface area contributed by atoms with Gasteiger partial charge in [-0.1, -0.05) is 90.9 Å². The Balaban J connectivity index is 1.70. The molecule has 2 rings (SSSR count). The summed E-state index contributed by atoms with van der Waals surface area (Å²) >= 11 is 0. The van der Waals surface area contributed by atoms with E-state index in [1.54, 1.807) is 0 Å². The molecule has 1 saturated carbocycles. The van der Waals surface area contributed by atoms with Crippen LogP contribution in [0.1, 0.15) is 123 Å². The molecule has 2 fully saturated rings. The number of unbranched alkanes of at least 4 members (excludes halogenated alkanes) is 7. The van der Waals surface area contributed by atoms with Gasteiger partial charge in [0.05, 0.1) is 0 Å². The molecule has 2 aliphatic rings. The van der Waals surface area contributed by atoms with E-state index in [9.17, 15) is 4.79 Å². The first-order valence-electron chi connectivity index (χ1n) is 12.1. The second-order valence-corrected chi connectivity index (χ2v) is 9.03. The van der Waals surface area contributed by atoms with Crippen molar-refractivity contribution in [2.24, 2.45) is 11.8 Å². The van der Waals surface area contributed by atoms with Crippen molar-refractivity contribution < 1.29 is 4.79 Å². The highest BCUT2D eigenvalue weighted by molar-refractivity contribution is 5.81. The molecule has 2 unspecified atom stereocenters. The molecule has 0 N–H and O–H groups in total. The Bertz CT molecular complexity index is 374. The number of likely N-dealkylation sites (tertiary alicyclic amines) is 1. The molecule has 26 heavy (non-hydrogen) atoms. The number of hydrogen-bond acceptors (Lipinski definition) is 1. The summed E-state index contributed by atoms with van der Waals surface area (Å²) < 4.78 is 0. The molecule has 0 bridgehead atoms. The van der Waals surface area contributed by atoms with Crippen LogP contribution in [0.15, 0.2) is 0 Å². The van der Waals surface area contributed by atoms with E-state index in [-0.39, 0.29) is 0 Å². The van der Waals surface area contributed by atoms with Gasteiger partial charge >= 0.3 is 0 Å². The van der Waals surface area contributed by atoms with Crippen LogP contribution in [-0.2, 0) is 4.79 Å². The Labute approximate surface area is 163 Å². The Morgan fingerprint density at radius 1 is 0.808 bits per heavy atom. The summed E-state index contributed by atoms with van der Waals surface area (Å²) in [4.78, 5) is 15.4. The van der Waals surface area contributed by atoms with Crippen LogP contribution < -0.4 is 0 Å². The molecule has 0 radical (unpaired) electrons. The van der Waals surface area contributed by atoms with E-state index in [0.717, 1.165) is 13.0 Å². The van der Waals surface area contributed by atoms with Gasteiger partial charge in [-0.25, -0.2) is 0 Å². The van der Waals surface area contributed by atoms with Crippen LogP contribution >= 0.6 is 0 Å². The molecule has 2 heteroatoms. The van der Waals surface area contributed by atoms with Crippen molar-refractivity contribution in [3.63, 3.8) is 0 Å². The zero-order valence-electron chi connectivity index (χ0n) is 17.8. The van der Waals surface area contributed by atoms with Gasteiger partial charge in [-0.05, 0) is 38.0 Å². The Morgan fingerprint density at radius 2 is 1.46 bits per heavy atom. The second-order valence-electron chi connectivity index (χ2n) is 9.03. The van der Waals surface area contributed by atoms with Crippen LogP contribution in [0.25, 0.3) is 0 Å². The summed E-state index contributed by atoms with van der Waals surface area (Å²) in [5.74, 6) is 1.59. The van der Waals surface area contributed by atoms with Crippen LogP contribution in [0.3, 0.4) is 0 Å². The van der Waals surface area contributed by atoms with Crippen molar-refractivity contribution in [2.75, 3.05) is 6.54 Å². The zero-order valence-corrected chi connectivity index (χ0v) is 17.8. The van der Waals surface area contributed by atoms with Gasteiger partial charge < -0.3 is 4.90 Å². The van der Waals surface area contributed by atoms with Gasteiger partial charge in [0.2, 0.25) is 5.91 Å². The smallest absolute Gasteiger partial charge is 0.226 e. The monoisotopic (exact) mass is 363 g/mol. The summed E-state index contributed by atoms with van der Waals surface area (Å²) in [6, 6.07) is 0.529. The highest BCUT2D eigenvalue weighted by atomic mass is 16.2. The maximum atomic E-state index is 13.1. The number of rotatable bonds is 13. The van der Waals surface area contributed by atoms with Gasteiger partial charge in [-0.3, -0.25) is 4.79 Å². The van der Waals surface area contributed by atoms with E-state index in [1.807, 2.05) is 0 Å². The summed E-state index contributed by atoms with van der Waals surface area (Å²) in [7, 11) is 0. The summed E-state index contributed by atoms with van der Waals surface area (Å²) in [6.45, 7) is 5.61. The Hall–Kier alpha value is -0.530. The lowest BCUT2D eigenvalue weighted by Crippen LogP contribution is -2.39. The highest BCUT2D eigenvalue weighted by Crippen LogP contribution is 2.37. The van der Waals surface area contributed by atoms with E-state index in [0.29, 0.717) is 23.8 Å². The molecule has 2 atom stereocenters. The van der Waals surface area contributed by atoms with Crippen LogP contribution in [0.4, 0.5) is 0 Å². The Kier molecular flexibility index (Phi) is 10.7. The molecule has 1 saturated heterocycles. The van der Waals surface area contributed by atoms with Crippen molar-refractivity contribution in [3.05, 3.63) is 0 Å². The molecule has 2 nitrogen and oxygen atoms in total. The van der Waals surface area contributed by atoms with E-state index in [4.69, 9.17) is 0 Å². The van der Waals surface area contributed by atoms with E-state index >= 15 is 0 Å². The van der Waals surface area contributed by atoms with Crippen molar-refractivity contribution >= 4 is 5.91 Å². The molecular formula is C24H45NO. The molecule has 0 aromatic rings. The molecule has 1 heterocycles. The van der Waals surface area contributed by atoms with E-state index in [1.165, 1.54) is 103 Å². The quantitative estimate of drug-likeness (QED) is 0.319. The SMILES string of the molecule is CCCCCCCCCCC(CCC)N1CCC(C2CCCCC2)C1=O. The Morgan fingerprint density at radius 3 is 2.12 bits per heavy atom. The summed E-state index contributed by atoms with van der Waals surface area (Å²) in [5, 5.41) is 0. The van der Waals surface area contributed by atoms with Gasteiger partial charge in [-0.2, -0.15) is 0 Å². The molecule has 152 valence electrons. The first-order valence-corrected chi connectivity index (χ1v) is 12.1. The lowest BCUT2D eigenvalue weighted by atomic mass is 9.79. The minimum absolute atomic E-state index is 0.369. The number of carbonyl (C=O) groups excluding carboxylic acids is 1. The standard InChI is InChI=1S/C24H45NO/c1-3-5-6-7-8-9-10-14-18-22(15-4-2)25-20-19-23(24(25)26)21-16-12-11-13-17-21/h21-23H,3-20H2,1-2H3. The van der Waals surface area contributed by atoms with Crippen LogP contribution in [0.5, 0.6) is 0 Å². The number of nitrogens with zero attached hydrogens (tertiary/aromatic N) is 1. The average Bonchev–Trinajstić information content (AvgIpc) is 3.05. The largest absolute Gasteiger partial charge is 0.339 e. The minimum atomic E-state index is 0.369. The van der Waals surface area contributed by atoms with E-state index in [2.05, 4.69) is 18.7 Å². The molecule has 1 amide bonds. The third kappa shape index (κ3) is 6.89.